The number of rotatable bonds is 3. The molecule has 0 spiro atoms. The van der Waals surface area contributed by atoms with Gasteiger partial charge in [0.15, 0.2) is 0 Å². The van der Waals surface area contributed by atoms with E-state index in [2.05, 4.69) is 0 Å². The van der Waals surface area contributed by atoms with Gasteiger partial charge in [0.05, 0.1) is 5.02 Å². The summed E-state index contributed by atoms with van der Waals surface area (Å²) in [6, 6.07) is 13.3. The standard InChI is InChI=1S/C14H14ClNO/c1-10-2-7-14(13(15)8-10)17-9-11-3-5-12(16)6-4-11/h2-8H,9,16H2,1H3. The molecule has 0 radical (unpaired) electrons. The minimum atomic E-state index is 0.489. The van der Waals surface area contributed by atoms with Crippen molar-refractivity contribution in [2.24, 2.45) is 0 Å². The summed E-state index contributed by atoms with van der Waals surface area (Å²) in [5.41, 5.74) is 8.55. The van der Waals surface area contributed by atoms with E-state index < -0.39 is 0 Å². The molecule has 2 nitrogen and oxygen atoms in total. The summed E-state index contributed by atoms with van der Waals surface area (Å²) >= 11 is 6.08. The molecule has 0 atom stereocenters. The van der Waals surface area contributed by atoms with Crippen molar-refractivity contribution in [3.8, 4) is 5.75 Å². The number of anilines is 1. The largest absolute Gasteiger partial charge is 0.487 e. The number of hydrogen-bond donors (Lipinski definition) is 1. The Hall–Kier alpha value is -1.67. The maximum atomic E-state index is 6.08. The number of benzene rings is 2. The van der Waals surface area contributed by atoms with Crippen LogP contribution in [0, 0.1) is 6.92 Å². The quantitative estimate of drug-likeness (QED) is 0.837. The molecule has 2 aromatic rings. The monoisotopic (exact) mass is 247 g/mol. The Balaban J connectivity index is 2.04. The van der Waals surface area contributed by atoms with Crippen LogP contribution in [0.25, 0.3) is 0 Å². The zero-order valence-electron chi connectivity index (χ0n) is 9.61. The average Bonchev–Trinajstić information content (AvgIpc) is 2.30. The lowest BCUT2D eigenvalue weighted by molar-refractivity contribution is 0.306. The van der Waals surface area contributed by atoms with Crippen molar-refractivity contribution in [2.45, 2.75) is 13.5 Å². The van der Waals surface area contributed by atoms with Crippen LogP contribution in [0.3, 0.4) is 0 Å². The van der Waals surface area contributed by atoms with Crippen molar-refractivity contribution in [3.63, 3.8) is 0 Å². The van der Waals surface area contributed by atoms with E-state index in [0.717, 1.165) is 16.8 Å². The first kappa shape index (κ1) is 11.8. The topological polar surface area (TPSA) is 35.2 Å². The van der Waals surface area contributed by atoms with Crippen LogP contribution in [0.5, 0.6) is 5.75 Å². The van der Waals surface area contributed by atoms with Gasteiger partial charge >= 0.3 is 0 Å². The molecule has 0 amide bonds. The molecule has 2 aromatic carbocycles. The molecule has 0 saturated carbocycles. The van der Waals surface area contributed by atoms with E-state index in [0.29, 0.717) is 17.4 Å². The van der Waals surface area contributed by atoms with Gasteiger partial charge in [-0.2, -0.15) is 0 Å². The van der Waals surface area contributed by atoms with Crippen LogP contribution in [-0.2, 0) is 6.61 Å². The first-order chi connectivity index (χ1) is 8.15. The van der Waals surface area contributed by atoms with Crippen LogP contribution in [0.2, 0.25) is 5.02 Å². The molecule has 0 aliphatic rings. The highest BCUT2D eigenvalue weighted by Crippen LogP contribution is 2.26. The highest BCUT2D eigenvalue weighted by Gasteiger charge is 2.01. The molecular formula is C14H14ClNO. The minimum absolute atomic E-state index is 0.489. The van der Waals surface area contributed by atoms with Crippen molar-refractivity contribution in [1.82, 2.24) is 0 Å². The molecule has 0 aliphatic carbocycles. The Labute approximate surface area is 106 Å². The Bertz CT molecular complexity index is 508. The van der Waals surface area contributed by atoms with E-state index in [9.17, 15) is 0 Å². The molecule has 0 heterocycles. The van der Waals surface area contributed by atoms with E-state index in [1.165, 1.54) is 0 Å². The number of nitrogens with two attached hydrogens (primary N) is 1. The van der Waals surface area contributed by atoms with Gasteiger partial charge in [-0.15, -0.1) is 0 Å². The Kier molecular flexibility index (Phi) is 3.55. The summed E-state index contributed by atoms with van der Waals surface area (Å²) in [7, 11) is 0. The second-order valence-electron chi connectivity index (χ2n) is 3.96. The van der Waals surface area contributed by atoms with Crippen molar-refractivity contribution < 1.29 is 4.74 Å². The van der Waals surface area contributed by atoms with Crippen LogP contribution in [-0.4, -0.2) is 0 Å². The van der Waals surface area contributed by atoms with Crippen LogP contribution in [0.4, 0.5) is 5.69 Å². The van der Waals surface area contributed by atoms with E-state index in [1.807, 2.05) is 49.4 Å². The van der Waals surface area contributed by atoms with Gasteiger partial charge in [0.2, 0.25) is 0 Å². The Morgan fingerprint density at radius 1 is 1.12 bits per heavy atom. The summed E-state index contributed by atoms with van der Waals surface area (Å²) in [4.78, 5) is 0. The molecule has 0 unspecified atom stereocenters. The third-order valence-electron chi connectivity index (χ3n) is 2.46. The third kappa shape index (κ3) is 3.14. The molecule has 3 heteroatoms. The highest BCUT2D eigenvalue weighted by molar-refractivity contribution is 6.32. The highest BCUT2D eigenvalue weighted by atomic mass is 35.5. The summed E-state index contributed by atoms with van der Waals surface area (Å²) in [5, 5.41) is 0.639. The molecule has 0 bridgehead atoms. The number of ether oxygens (including phenoxy) is 1. The predicted octanol–water partition coefficient (Wildman–Crippen LogP) is 3.81. The minimum Gasteiger partial charge on any atom is -0.487 e. The van der Waals surface area contributed by atoms with E-state index >= 15 is 0 Å². The molecule has 0 fully saturated rings. The first-order valence-electron chi connectivity index (χ1n) is 5.38. The van der Waals surface area contributed by atoms with Crippen LogP contribution < -0.4 is 10.5 Å². The lowest BCUT2D eigenvalue weighted by Gasteiger charge is -2.08. The molecular weight excluding hydrogens is 234 g/mol. The van der Waals surface area contributed by atoms with E-state index in [1.54, 1.807) is 0 Å². The second kappa shape index (κ2) is 5.11. The molecule has 17 heavy (non-hydrogen) atoms. The molecule has 0 aromatic heterocycles. The fourth-order valence-electron chi connectivity index (χ4n) is 1.50. The maximum Gasteiger partial charge on any atom is 0.138 e. The van der Waals surface area contributed by atoms with Crippen molar-refractivity contribution in [2.75, 3.05) is 5.73 Å². The second-order valence-corrected chi connectivity index (χ2v) is 4.37. The normalized spacial score (nSPS) is 10.2. The first-order valence-corrected chi connectivity index (χ1v) is 5.76. The van der Waals surface area contributed by atoms with Gasteiger partial charge in [0, 0.05) is 5.69 Å². The fourth-order valence-corrected chi connectivity index (χ4v) is 1.79. The molecule has 0 saturated heterocycles. The van der Waals surface area contributed by atoms with Crippen LogP contribution in [0.1, 0.15) is 11.1 Å². The maximum absolute atomic E-state index is 6.08. The summed E-state index contributed by atoms with van der Waals surface area (Å²) < 4.78 is 5.64. The Morgan fingerprint density at radius 3 is 2.47 bits per heavy atom. The average molecular weight is 248 g/mol. The van der Waals surface area contributed by atoms with Crippen LogP contribution in [0.15, 0.2) is 42.5 Å². The zero-order valence-corrected chi connectivity index (χ0v) is 10.4. The van der Waals surface area contributed by atoms with E-state index in [-0.39, 0.29) is 0 Å². The zero-order chi connectivity index (χ0) is 12.3. The summed E-state index contributed by atoms with van der Waals surface area (Å²) in [6.07, 6.45) is 0. The van der Waals surface area contributed by atoms with Crippen molar-refractivity contribution >= 4 is 17.3 Å². The van der Waals surface area contributed by atoms with Gasteiger partial charge in [-0.3, -0.25) is 0 Å². The number of nitrogen functional groups attached to an aromatic ring is 1. The van der Waals surface area contributed by atoms with E-state index in [4.69, 9.17) is 22.1 Å². The third-order valence-corrected chi connectivity index (χ3v) is 2.76. The van der Waals surface area contributed by atoms with Crippen LogP contribution >= 0.6 is 11.6 Å². The molecule has 2 N–H and O–H groups in total. The molecule has 0 aliphatic heterocycles. The predicted molar refractivity (Wildman–Crippen MR) is 71.4 cm³/mol. The molecule has 88 valence electrons. The number of aryl methyl sites for hydroxylation is 1. The summed E-state index contributed by atoms with van der Waals surface area (Å²) in [5.74, 6) is 0.703. The summed E-state index contributed by atoms with van der Waals surface area (Å²) in [6.45, 7) is 2.48. The Morgan fingerprint density at radius 2 is 1.82 bits per heavy atom. The van der Waals surface area contributed by atoms with Gasteiger partial charge in [-0.1, -0.05) is 29.8 Å². The number of halogens is 1. The van der Waals surface area contributed by atoms with Gasteiger partial charge in [-0.25, -0.2) is 0 Å². The van der Waals surface area contributed by atoms with Gasteiger partial charge in [0.1, 0.15) is 12.4 Å². The fraction of sp³-hybridized carbons (Fsp3) is 0.143. The lowest BCUT2D eigenvalue weighted by Crippen LogP contribution is -1.96. The number of hydrogen-bond acceptors (Lipinski definition) is 2. The molecule has 2 rings (SSSR count). The van der Waals surface area contributed by atoms with Gasteiger partial charge < -0.3 is 10.5 Å². The smallest absolute Gasteiger partial charge is 0.138 e. The van der Waals surface area contributed by atoms with Crippen molar-refractivity contribution in [3.05, 3.63) is 58.6 Å². The van der Waals surface area contributed by atoms with Gasteiger partial charge in [0.25, 0.3) is 0 Å². The van der Waals surface area contributed by atoms with Crippen molar-refractivity contribution in [1.29, 1.82) is 0 Å². The SMILES string of the molecule is Cc1ccc(OCc2ccc(N)cc2)c(Cl)c1. The lowest BCUT2D eigenvalue weighted by atomic mass is 10.2. The van der Waals surface area contributed by atoms with Gasteiger partial charge in [-0.05, 0) is 42.3 Å².